The van der Waals surface area contributed by atoms with E-state index in [0.29, 0.717) is 16.9 Å². The molecule has 2 rings (SSSR count). The van der Waals surface area contributed by atoms with Crippen molar-refractivity contribution < 1.29 is 4.79 Å². The molecule has 0 spiro atoms. The van der Waals surface area contributed by atoms with Gasteiger partial charge in [0.05, 0.1) is 5.69 Å². The Balaban J connectivity index is 2.30. The van der Waals surface area contributed by atoms with E-state index in [-0.39, 0.29) is 10.9 Å². The number of hydrogen-bond donors (Lipinski definition) is 2. The summed E-state index contributed by atoms with van der Waals surface area (Å²) in [5.74, 6) is -0.298. The summed E-state index contributed by atoms with van der Waals surface area (Å²) in [5.41, 5.74) is 7.97. The highest BCUT2D eigenvalue weighted by Crippen LogP contribution is 2.21. The number of nitrogens with one attached hydrogen (secondary N) is 1. The van der Waals surface area contributed by atoms with Gasteiger partial charge < -0.3 is 11.1 Å². The minimum Gasteiger partial charge on any atom is -0.389 e. The van der Waals surface area contributed by atoms with Crippen LogP contribution in [0.1, 0.15) is 21.7 Å². The highest BCUT2D eigenvalue weighted by atomic mass is 79.9. The minimum absolute atomic E-state index is 0.221. The average Bonchev–Trinajstić information content (AvgIpc) is 2.40. The molecule has 0 radical (unpaired) electrons. The second kappa shape index (κ2) is 6.11. The number of nitrogens with zero attached hydrogens (tertiary/aromatic N) is 1. The van der Waals surface area contributed by atoms with Crippen molar-refractivity contribution in [2.24, 2.45) is 5.73 Å². The Morgan fingerprint density at radius 1 is 1.35 bits per heavy atom. The minimum atomic E-state index is -0.298. The molecule has 1 amide bonds. The summed E-state index contributed by atoms with van der Waals surface area (Å²) in [7, 11) is 0. The van der Waals surface area contributed by atoms with Crippen molar-refractivity contribution in [2.45, 2.75) is 6.92 Å². The fourth-order valence-corrected chi connectivity index (χ4v) is 2.22. The van der Waals surface area contributed by atoms with Gasteiger partial charge in [-0.1, -0.05) is 34.2 Å². The normalized spacial score (nSPS) is 10.1. The van der Waals surface area contributed by atoms with Gasteiger partial charge in [-0.3, -0.25) is 4.79 Å². The van der Waals surface area contributed by atoms with E-state index in [0.717, 1.165) is 10.2 Å². The molecule has 0 fully saturated rings. The number of anilines is 1. The van der Waals surface area contributed by atoms with E-state index in [1.54, 1.807) is 30.3 Å². The first-order valence-electron chi connectivity index (χ1n) is 5.82. The smallest absolute Gasteiger partial charge is 0.274 e. The average molecular weight is 350 g/mol. The Labute approximate surface area is 130 Å². The molecule has 0 unspecified atom stereocenters. The number of carbonyl (C=O) groups excluding carboxylic acids is 1. The maximum atomic E-state index is 12.2. The number of hydrogen-bond acceptors (Lipinski definition) is 3. The van der Waals surface area contributed by atoms with Crippen molar-refractivity contribution in [3.05, 3.63) is 57.8 Å². The van der Waals surface area contributed by atoms with Crippen molar-refractivity contribution in [1.29, 1.82) is 0 Å². The predicted octanol–water partition coefficient (Wildman–Crippen LogP) is 3.04. The maximum absolute atomic E-state index is 12.2. The van der Waals surface area contributed by atoms with E-state index in [2.05, 4.69) is 26.2 Å². The molecule has 2 aromatic rings. The molecule has 1 aromatic carbocycles. The lowest BCUT2D eigenvalue weighted by molar-refractivity contribution is 0.102. The van der Waals surface area contributed by atoms with Gasteiger partial charge in [-0.2, -0.15) is 0 Å². The molecule has 102 valence electrons. The van der Waals surface area contributed by atoms with Gasteiger partial charge >= 0.3 is 0 Å². The van der Waals surface area contributed by atoms with Crippen molar-refractivity contribution >= 4 is 44.7 Å². The number of benzene rings is 1. The van der Waals surface area contributed by atoms with Crippen LogP contribution in [0.15, 0.2) is 40.9 Å². The van der Waals surface area contributed by atoms with Crippen molar-refractivity contribution in [3.63, 3.8) is 0 Å². The van der Waals surface area contributed by atoms with Crippen LogP contribution in [-0.4, -0.2) is 15.9 Å². The lowest BCUT2D eigenvalue weighted by Gasteiger charge is -2.10. The van der Waals surface area contributed by atoms with E-state index in [4.69, 9.17) is 18.0 Å². The number of rotatable bonds is 3. The molecule has 0 atom stereocenters. The second-order valence-corrected chi connectivity index (χ2v) is 5.53. The van der Waals surface area contributed by atoms with Crippen LogP contribution in [0.2, 0.25) is 0 Å². The summed E-state index contributed by atoms with van der Waals surface area (Å²) in [6.07, 6.45) is 0. The fourth-order valence-electron chi connectivity index (χ4n) is 1.69. The molecule has 20 heavy (non-hydrogen) atoms. The van der Waals surface area contributed by atoms with Gasteiger partial charge in [-0.15, -0.1) is 0 Å². The topological polar surface area (TPSA) is 68.0 Å². The fraction of sp³-hybridized carbons (Fsp3) is 0.0714. The van der Waals surface area contributed by atoms with E-state index in [1.165, 1.54) is 0 Å². The Hall–Kier alpha value is -1.79. The SMILES string of the molecule is Cc1cccc(C(=O)Nc2ccc(Br)cc2C(N)=S)n1. The molecule has 4 nitrogen and oxygen atoms in total. The molecule has 0 saturated heterocycles. The number of aryl methyl sites for hydroxylation is 1. The lowest BCUT2D eigenvalue weighted by Crippen LogP contribution is -2.18. The second-order valence-electron chi connectivity index (χ2n) is 4.17. The van der Waals surface area contributed by atoms with Gasteiger partial charge in [0.25, 0.3) is 5.91 Å². The Morgan fingerprint density at radius 2 is 2.10 bits per heavy atom. The molecule has 3 N–H and O–H groups in total. The third kappa shape index (κ3) is 3.40. The summed E-state index contributed by atoms with van der Waals surface area (Å²) >= 11 is 8.33. The predicted molar refractivity (Wildman–Crippen MR) is 87.0 cm³/mol. The maximum Gasteiger partial charge on any atom is 0.274 e. The number of aromatic nitrogens is 1. The number of pyridine rings is 1. The summed E-state index contributed by atoms with van der Waals surface area (Å²) in [6.45, 7) is 1.83. The first-order chi connectivity index (χ1) is 9.47. The molecule has 0 aliphatic heterocycles. The highest BCUT2D eigenvalue weighted by Gasteiger charge is 2.12. The molecule has 6 heteroatoms. The summed E-state index contributed by atoms with van der Waals surface area (Å²) in [4.78, 5) is 16.6. The molecular formula is C14H12BrN3OS. The molecule has 0 aliphatic rings. The Bertz CT molecular complexity index is 688. The third-order valence-electron chi connectivity index (χ3n) is 2.62. The van der Waals surface area contributed by atoms with Gasteiger partial charge in [0.1, 0.15) is 10.7 Å². The zero-order chi connectivity index (χ0) is 14.7. The van der Waals surface area contributed by atoms with E-state index in [9.17, 15) is 4.79 Å². The van der Waals surface area contributed by atoms with Crippen LogP contribution < -0.4 is 11.1 Å². The first kappa shape index (κ1) is 14.6. The molecular weight excluding hydrogens is 338 g/mol. The van der Waals surface area contributed by atoms with Gasteiger partial charge in [0.15, 0.2) is 0 Å². The number of halogens is 1. The number of carbonyl (C=O) groups is 1. The standard InChI is InChI=1S/C14H12BrN3OS/c1-8-3-2-4-12(17-8)14(19)18-11-6-5-9(15)7-10(11)13(16)20/h2-7H,1H3,(H2,16,20)(H,18,19). The van der Waals surface area contributed by atoms with Gasteiger partial charge in [0.2, 0.25) is 0 Å². The number of nitrogens with two attached hydrogens (primary N) is 1. The van der Waals surface area contributed by atoms with E-state index in [1.807, 2.05) is 13.0 Å². The van der Waals surface area contributed by atoms with Crippen LogP contribution in [0.4, 0.5) is 5.69 Å². The first-order valence-corrected chi connectivity index (χ1v) is 7.02. The quantitative estimate of drug-likeness (QED) is 0.835. The van der Waals surface area contributed by atoms with E-state index < -0.39 is 0 Å². The van der Waals surface area contributed by atoms with E-state index >= 15 is 0 Å². The lowest BCUT2D eigenvalue weighted by atomic mass is 10.1. The number of thiocarbonyl (C=S) groups is 1. The third-order valence-corrected chi connectivity index (χ3v) is 3.33. The van der Waals surface area contributed by atoms with Crippen LogP contribution in [-0.2, 0) is 0 Å². The van der Waals surface area contributed by atoms with Crippen LogP contribution in [0.3, 0.4) is 0 Å². The molecule has 0 saturated carbocycles. The van der Waals surface area contributed by atoms with Crippen LogP contribution in [0, 0.1) is 6.92 Å². The molecule has 1 heterocycles. The van der Waals surface area contributed by atoms with Crippen LogP contribution in [0.5, 0.6) is 0 Å². The molecule has 0 bridgehead atoms. The summed E-state index contributed by atoms with van der Waals surface area (Å²) in [5, 5.41) is 2.77. The van der Waals surface area contributed by atoms with Crippen LogP contribution >= 0.6 is 28.1 Å². The van der Waals surface area contributed by atoms with Gasteiger partial charge in [-0.25, -0.2) is 4.98 Å². The van der Waals surface area contributed by atoms with Crippen molar-refractivity contribution in [1.82, 2.24) is 4.98 Å². The molecule has 1 aromatic heterocycles. The van der Waals surface area contributed by atoms with Gasteiger partial charge in [0, 0.05) is 15.7 Å². The monoisotopic (exact) mass is 349 g/mol. The highest BCUT2D eigenvalue weighted by molar-refractivity contribution is 9.10. The Kier molecular flexibility index (Phi) is 4.46. The summed E-state index contributed by atoms with van der Waals surface area (Å²) in [6, 6.07) is 10.6. The van der Waals surface area contributed by atoms with Crippen molar-refractivity contribution in [3.8, 4) is 0 Å². The largest absolute Gasteiger partial charge is 0.389 e. The van der Waals surface area contributed by atoms with Crippen molar-refractivity contribution in [2.75, 3.05) is 5.32 Å². The molecule has 0 aliphatic carbocycles. The zero-order valence-electron chi connectivity index (χ0n) is 10.7. The zero-order valence-corrected chi connectivity index (χ0v) is 13.1. The van der Waals surface area contributed by atoms with Gasteiger partial charge in [-0.05, 0) is 37.3 Å². The summed E-state index contributed by atoms with van der Waals surface area (Å²) < 4.78 is 0.840. The Morgan fingerprint density at radius 3 is 2.75 bits per heavy atom. The van der Waals surface area contributed by atoms with Crippen LogP contribution in [0.25, 0.3) is 0 Å². The number of amides is 1.